The number of likely N-dealkylation sites (tertiary alicyclic amines) is 1. The number of hydrogen-bond donors (Lipinski definition) is 2. The third-order valence-electron chi connectivity index (χ3n) is 5.56. The van der Waals surface area contributed by atoms with Gasteiger partial charge in [0, 0.05) is 37.7 Å². The molecule has 1 aliphatic heterocycles. The zero-order valence-corrected chi connectivity index (χ0v) is 14.8. The molecule has 1 aliphatic carbocycles. The molecule has 3 heterocycles. The first-order chi connectivity index (χ1) is 12.1. The van der Waals surface area contributed by atoms with Crippen molar-refractivity contribution in [3.05, 3.63) is 40.6 Å². The quantitative estimate of drug-likeness (QED) is 0.890. The molecule has 1 saturated heterocycles. The van der Waals surface area contributed by atoms with Gasteiger partial charge in [0.2, 0.25) is 5.91 Å². The van der Waals surface area contributed by atoms with Crippen LogP contribution in [0, 0.1) is 6.92 Å². The van der Waals surface area contributed by atoms with Crippen molar-refractivity contribution in [2.45, 2.75) is 57.4 Å². The van der Waals surface area contributed by atoms with Crippen LogP contribution in [-0.2, 0) is 24.1 Å². The van der Waals surface area contributed by atoms with Gasteiger partial charge >= 0.3 is 0 Å². The number of nitrogens with zero attached hydrogens (tertiary/aromatic N) is 2. The molecule has 0 bridgehead atoms. The van der Waals surface area contributed by atoms with Gasteiger partial charge in [-0.25, -0.2) is 0 Å². The van der Waals surface area contributed by atoms with E-state index in [0.717, 1.165) is 30.1 Å². The zero-order chi connectivity index (χ0) is 17.4. The van der Waals surface area contributed by atoms with Crippen LogP contribution in [0.2, 0.25) is 0 Å². The number of H-pyrrole nitrogens is 1. The largest absolute Gasteiger partial charge is 0.466 e. The fraction of sp³-hybridized carbons (Fsp3) is 0.579. The summed E-state index contributed by atoms with van der Waals surface area (Å²) in [4.78, 5) is 14.5. The Morgan fingerprint density at radius 2 is 2.20 bits per heavy atom. The van der Waals surface area contributed by atoms with E-state index in [1.54, 1.807) is 0 Å². The molecule has 0 aromatic carbocycles. The fourth-order valence-corrected chi connectivity index (χ4v) is 4.13. The minimum absolute atomic E-state index is 0.0624. The van der Waals surface area contributed by atoms with Gasteiger partial charge in [-0.15, -0.1) is 0 Å². The number of rotatable bonds is 4. The minimum Gasteiger partial charge on any atom is -0.466 e. The molecule has 2 aromatic rings. The molecule has 25 heavy (non-hydrogen) atoms. The molecular formula is C19H26N4O2. The van der Waals surface area contributed by atoms with Crippen molar-refractivity contribution in [3.8, 4) is 0 Å². The van der Waals surface area contributed by atoms with Crippen LogP contribution in [0.5, 0.6) is 0 Å². The summed E-state index contributed by atoms with van der Waals surface area (Å²) in [5.74, 6) is 2.03. The SMILES string of the molecule is Cc1ccc([C@H]2CN(C(=O)CCc3n[nH]c4c3CCCC4)C[C@@H]2N)o1. The van der Waals surface area contributed by atoms with Crippen molar-refractivity contribution in [2.75, 3.05) is 13.1 Å². The van der Waals surface area contributed by atoms with Crippen molar-refractivity contribution >= 4 is 5.91 Å². The van der Waals surface area contributed by atoms with Gasteiger partial charge in [-0.05, 0) is 50.3 Å². The first kappa shape index (κ1) is 16.4. The Balaban J connectivity index is 1.36. The summed E-state index contributed by atoms with van der Waals surface area (Å²) in [5, 5.41) is 7.59. The lowest BCUT2D eigenvalue weighted by Gasteiger charge is -2.16. The van der Waals surface area contributed by atoms with E-state index in [0.29, 0.717) is 25.9 Å². The molecule has 0 spiro atoms. The Morgan fingerprint density at radius 1 is 1.36 bits per heavy atom. The summed E-state index contributed by atoms with van der Waals surface area (Å²) in [6.07, 6.45) is 5.83. The van der Waals surface area contributed by atoms with E-state index in [1.165, 1.54) is 24.1 Å². The van der Waals surface area contributed by atoms with E-state index in [4.69, 9.17) is 10.2 Å². The number of amides is 1. The van der Waals surface area contributed by atoms with Crippen LogP contribution >= 0.6 is 0 Å². The van der Waals surface area contributed by atoms with Crippen LogP contribution in [0.3, 0.4) is 0 Å². The molecule has 0 unspecified atom stereocenters. The monoisotopic (exact) mass is 342 g/mol. The van der Waals surface area contributed by atoms with Gasteiger partial charge in [0.1, 0.15) is 11.5 Å². The molecular weight excluding hydrogens is 316 g/mol. The summed E-state index contributed by atoms with van der Waals surface area (Å²) in [7, 11) is 0. The third-order valence-corrected chi connectivity index (χ3v) is 5.56. The van der Waals surface area contributed by atoms with Crippen LogP contribution in [0.15, 0.2) is 16.5 Å². The van der Waals surface area contributed by atoms with Crippen molar-refractivity contribution in [1.82, 2.24) is 15.1 Å². The molecule has 6 heteroatoms. The summed E-state index contributed by atoms with van der Waals surface area (Å²) in [6, 6.07) is 3.87. The molecule has 6 nitrogen and oxygen atoms in total. The Hall–Kier alpha value is -2.08. The maximum Gasteiger partial charge on any atom is 0.223 e. The second kappa shape index (κ2) is 6.67. The molecule has 0 saturated carbocycles. The lowest BCUT2D eigenvalue weighted by atomic mass is 9.94. The number of aromatic nitrogens is 2. The van der Waals surface area contributed by atoms with Crippen LogP contribution in [-0.4, -0.2) is 40.1 Å². The Kier molecular flexibility index (Phi) is 4.37. The van der Waals surface area contributed by atoms with Crippen LogP contribution < -0.4 is 5.73 Å². The number of aryl methyl sites for hydroxylation is 3. The van der Waals surface area contributed by atoms with E-state index in [9.17, 15) is 4.79 Å². The average Bonchev–Trinajstić information content (AvgIpc) is 3.31. The first-order valence-electron chi connectivity index (χ1n) is 9.26. The number of hydrogen-bond acceptors (Lipinski definition) is 4. The topological polar surface area (TPSA) is 88.2 Å². The van der Waals surface area contributed by atoms with E-state index < -0.39 is 0 Å². The number of fused-ring (bicyclic) bond motifs is 1. The summed E-state index contributed by atoms with van der Waals surface area (Å²) in [5.41, 5.74) is 9.95. The molecule has 3 N–H and O–H groups in total. The molecule has 4 rings (SSSR count). The number of carbonyl (C=O) groups excluding carboxylic acids is 1. The predicted molar refractivity (Wildman–Crippen MR) is 94.3 cm³/mol. The number of nitrogens with two attached hydrogens (primary N) is 1. The highest BCUT2D eigenvalue weighted by atomic mass is 16.3. The fourth-order valence-electron chi connectivity index (χ4n) is 4.13. The Labute approximate surface area is 147 Å². The summed E-state index contributed by atoms with van der Waals surface area (Å²) < 4.78 is 5.71. The van der Waals surface area contributed by atoms with Crippen LogP contribution in [0.4, 0.5) is 0 Å². The molecule has 2 atom stereocenters. The van der Waals surface area contributed by atoms with E-state index >= 15 is 0 Å². The maximum atomic E-state index is 12.6. The van der Waals surface area contributed by atoms with Gasteiger partial charge in [0.25, 0.3) is 0 Å². The second-order valence-corrected chi connectivity index (χ2v) is 7.35. The highest BCUT2D eigenvalue weighted by molar-refractivity contribution is 5.77. The number of aromatic amines is 1. The number of nitrogens with one attached hydrogen (secondary N) is 1. The molecule has 134 valence electrons. The van der Waals surface area contributed by atoms with E-state index in [-0.39, 0.29) is 17.9 Å². The standard InChI is InChI=1S/C19H26N4O2/c1-12-6-8-18(25-12)14-10-23(11-15(14)20)19(24)9-7-17-13-4-2-3-5-16(13)21-22-17/h6,8,14-15H,2-5,7,9-11,20H2,1H3,(H,21,22)/t14-,15-/m0/s1. The average molecular weight is 342 g/mol. The van der Waals surface area contributed by atoms with Crippen molar-refractivity contribution in [3.63, 3.8) is 0 Å². The first-order valence-corrected chi connectivity index (χ1v) is 9.26. The van der Waals surface area contributed by atoms with Gasteiger partial charge in [0.05, 0.1) is 11.6 Å². The van der Waals surface area contributed by atoms with Crippen molar-refractivity contribution < 1.29 is 9.21 Å². The third kappa shape index (κ3) is 3.23. The van der Waals surface area contributed by atoms with Gasteiger partial charge in [-0.2, -0.15) is 5.10 Å². The summed E-state index contributed by atoms with van der Waals surface area (Å²) >= 11 is 0. The van der Waals surface area contributed by atoms with E-state index in [2.05, 4.69) is 10.2 Å². The summed E-state index contributed by atoms with van der Waals surface area (Å²) in [6.45, 7) is 3.17. The predicted octanol–water partition coefficient (Wildman–Crippen LogP) is 2.08. The molecule has 0 radical (unpaired) electrons. The number of furan rings is 1. The van der Waals surface area contributed by atoms with Crippen LogP contribution in [0.1, 0.15) is 53.7 Å². The van der Waals surface area contributed by atoms with Gasteiger partial charge in [-0.3, -0.25) is 9.89 Å². The van der Waals surface area contributed by atoms with Gasteiger partial charge in [0.15, 0.2) is 0 Å². The Morgan fingerprint density at radius 3 is 3.00 bits per heavy atom. The normalized spacial score (nSPS) is 23.0. The van der Waals surface area contributed by atoms with E-state index in [1.807, 2.05) is 24.0 Å². The lowest BCUT2D eigenvalue weighted by molar-refractivity contribution is -0.130. The molecule has 2 aliphatic rings. The second-order valence-electron chi connectivity index (χ2n) is 7.35. The Bertz CT molecular complexity index is 763. The maximum absolute atomic E-state index is 12.6. The molecule has 1 fully saturated rings. The van der Waals surface area contributed by atoms with Crippen LogP contribution in [0.25, 0.3) is 0 Å². The highest BCUT2D eigenvalue weighted by Crippen LogP contribution is 2.29. The van der Waals surface area contributed by atoms with Crippen molar-refractivity contribution in [2.24, 2.45) is 5.73 Å². The van der Waals surface area contributed by atoms with Gasteiger partial charge in [-0.1, -0.05) is 0 Å². The smallest absolute Gasteiger partial charge is 0.223 e. The zero-order valence-electron chi connectivity index (χ0n) is 14.8. The molecule has 2 aromatic heterocycles. The molecule has 1 amide bonds. The van der Waals surface area contributed by atoms with Gasteiger partial charge < -0.3 is 15.1 Å². The lowest BCUT2D eigenvalue weighted by Crippen LogP contribution is -2.32. The van der Waals surface area contributed by atoms with Crippen molar-refractivity contribution in [1.29, 1.82) is 0 Å². The number of carbonyl (C=O) groups is 1. The minimum atomic E-state index is -0.0624. The highest BCUT2D eigenvalue weighted by Gasteiger charge is 2.35.